The van der Waals surface area contributed by atoms with Crippen LogP contribution in [0.4, 0.5) is 0 Å². The van der Waals surface area contributed by atoms with Crippen LogP contribution in [0.1, 0.15) is 6.92 Å². The first-order valence-corrected chi connectivity index (χ1v) is 9.35. The molecule has 0 aliphatic carbocycles. The molecule has 0 bridgehead atoms. The van der Waals surface area contributed by atoms with E-state index in [1.165, 1.54) is 15.6 Å². The Labute approximate surface area is 134 Å². The fourth-order valence-corrected chi connectivity index (χ4v) is 4.94. The van der Waals surface area contributed by atoms with Crippen molar-refractivity contribution in [2.75, 3.05) is 19.7 Å². The molecule has 1 aromatic heterocycles. The number of hydrogen-bond donors (Lipinski definition) is 0. The lowest BCUT2D eigenvalue weighted by molar-refractivity contribution is 0.0772. The molecule has 0 saturated heterocycles. The predicted molar refractivity (Wildman–Crippen MR) is 85.1 cm³/mol. The van der Waals surface area contributed by atoms with Crippen LogP contribution in [0, 0.1) is 0 Å². The average molecular weight is 339 g/mol. The summed E-state index contributed by atoms with van der Waals surface area (Å²) in [4.78, 5) is 0. The average Bonchev–Trinajstić information content (AvgIpc) is 3.07. The molecule has 1 unspecified atom stereocenters. The van der Waals surface area contributed by atoms with Gasteiger partial charge in [0.2, 0.25) is 0 Å². The highest BCUT2D eigenvalue weighted by molar-refractivity contribution is 7.91. The van der Waals surface area contributed by atoms with Gasteiger partial charge in [0.1, 0.15) is 16.9 Å². The van der Waals surface area contributed by atoms with Crippen LogP contribution in [-0.2, 0) is 10.0 Å². The van der Waals surface area contributed by atoms with E-state index in [2.05, 4.69) is 0 Å². The Hall–Kier alpha value is -1.57. The molecule has 1 aliphatic heterocycles. The summed E-state index contributed by atoms with van der Waals surface area (Å²) in [6.07, 6.45) is -0.315. The Morgan fingerprint density at radius 3 is 2.68 bits per heavy atom. The standard InChI is InChI=1S/C15H17NO4S2/c1-2-16(22(17,18)15-8-5-9-21-15)10-12-11-19-13-6-3-4-7-14(13)20-12/h3-9,12H,2,10-11H2,1H3. The van der Waals surface area contributed by atoms with Gasteiger partial charge >= 0.3 is 0 Å². The summed E-state index contributed by atoms with van der Waals surface area (Å²) in [5.74, 6) is 1.35. The number of rotatable bonds is 5. The molecule has 2 heterocycles. The SMILES string of the molecule is CCN(CC1COc2ccccc2O1)S(=O)(=O)c1cccs1. The Morgan fingerprint density at radius 1 is 1.23 bits per heavy atom. The second kappa shape index (κ2) is 6.28. The van der Waals surface area contributed by atoms with E-state index in [1.807, 2.05) is 31.2 Å². The normalized spacial score (nSPS) is 17.6. The molecule has 0 saturated carbocycles. The van der Waals surface area contributed by atoms with Gasteiger partial charge in [-0.2, -0.15) is 4.31 Å². The summed E-state index contributed by atoms with van der Waals surface area (Å²) >= 11 is 1.22. The van der Waals surface area contributed by atoms with Crippen LogP contribution < -0.4 is 9.47 Å². The van der Waals surface area contributed by atoms with Gasteiger partial charge in [-0.25, -0.2) is 8.42 Å². The van der Waals surface area contributed by atoms with E-state index >= 15 is 0 Å². The van der Waals surface area contributed by atoms with Crippen molar-refractivity contribution in [1.82, 2.24) is 4.31 Å². The number of para-hydroxylation sites is 2. The molecule has 118 valence electrons. The predicted octanol–water partition coefficient (Wildman–Crippen LogP) is 2.60. The first-order valence-electron chi connectivity index (χ1n) is 7.03. The van der Waals surface area contributed by atoms with E-state index in [4.69, 9.17) is 9.47 Å². The smallest absolute Gasteiger partial charge is 0.252 e. The molecule has 2 aromatic rings. The first kappa shape index (κ1) is 15.3. The van der Waals surface area contributed by atoms with Crippen molar-refractivity contribution in [2.24, 2.45) is 0 Å². The highest BCUT2D eigenvalue weighted by Gasteiger charge is 2.30. The number of hydrogen-bond acceptors (Lipinski definition) is 5. The largest absolute Gasteiger partial charge is 0.486 e. The van der Waals surface area contributed by atoms with Crippen LogP contribution >= 0.6 is 11.3 Å². The second-order valence-electron chi connectivity index (χ2n) is 4.89. The first-order chi connectivity index (χ1) is 10.6. The van der Waals surface area contributed by atoms with Gasteiger partial charge in [0, 0.05) is 6.54 Å². The van der Waals surface area contributed by atoms with E-state index in [1.54, 1.807) is 17.5 Å². The van der Waals surface area contributed by atoms with Crippen LogP contribution in [0.5, 0.6) is 11.5 Å². The molecule has 3 rings (SSSR count). The van der Waals surface area contributed by atoms with Gasteiger partial charge < -0.3 is 9.47 Å². The number of nitrogens with zero attached hydrogens (tertiary/aromatic N) is 1. The lowest BCUT2D eigenvalue weighted by atomic mass is 10.2. The number of ether oxygens (including phenoxy) is 2. The van der Waals surface area contributed by atoms with Crippen molar-refractivity contribution in [1.29, 1.82) is 0 Å². The molecule has 0 N–H and O–H groups in total. The van der Waals surface area contributed by atoms with Crippen LogP contribution in [0.2, 0.25) is 0 Å². The topological polar surface area (TPSA) is 55.8 Å². The summed E-state index contributed by atoms with van der Waals surface area (Å²) in [7, 11) is -3.47. The maximum atomic E-state index is 12.6. The maximum Gasteiger partial charge on any atom is 0.252 e. The molecule has 1 aromatic carbocycles. The monoisotopic (exact) mass is 339 g/mol. The van der Waals surface area contributed by atoms with Crippen molar-refractivity contribution >= 4 is 21.4 Å². The molecule has 0 radical (unpaired) electrons. The van der Waals surface area contributed by atoms with Crippen molar-refractivity contribution in [3.05, 3.63) is 41.8 Å². The number of likely N-dealkylation sites (N-methyl/N-ethyl adjacent to an activating group) is 1. The van der Waals surface area contributed by atoms with Gasteiger partial charge in [-0.3, -0.25) is 0 Å². The van der Waals surface area contributed by atoms with Gasteiger partial charge in [0.15, 0.2) is 11.5 Å². The minimum absolute atomic E-state index is 0.269. The van der Waals surface area contributed by atoms with Crippen molar-refractivity contribution in [2.45, 2.75) is 17.2 Å². The van der Waals surface area contributed by atoms with Crippen LogP contribution in [0.25, 0.3) is 0 Å². The molecule has 0 amide bonds. The molecule has 0 fully saturated rings. The summed E-state index contributed by atoms with van der Waals surface area (Å²) < 4.78 is 38.4. The minimum atomic E-state index is -3.47. The molecular weight excluding hydrogens is 322 g/mol. The summed E-state index contributed by atoms with van der Waals surface area (Å²) in [5, 5.41) is 1.76. The zero-order chi connectivity index (χ0) is 15.6. The number of fused-ring (bicyclic) bond motifs is 1. The number of sulfonamides is 1. The fourth-order valence-electron chi connectivity index (χ4n) is 2.31. The zero-order valence-electron chi connectivity index (χ0n) is 12.1. The van der Waals surface area contributed by atoms with Crippen molar-refractivity contribution in [3.63, 3.8) is 0 Å². The van der Waals surface area contributed by atoms with E-state index < -0.39 is 10.0 Å². The molecule has 22 heavy (non-hydrogen) atoms. The highest BCUT2D eigenvalue weighted by atomic mass is 32.2. The van der Waals surface area contributed by atoms with Crippen LogP contribution in [0.15, 0.2) is 46.0 Å². The Morgan fingerprint density at radius 2 is 2.00 bits per heavy atom. The second-order valence-corrected chi connectivity index (χ2v) is 8.00. The molecule has 0 spiro atoms. The van der Waals surface area contributed by atoms with Crippen LogP contribution in [-0.4, -0.2) is 38.5 Å². The third kappa shape index (κ3) is 2.97. The molecule has 7 heteroatoms. The number of thiophene rings is 1. The van der Waals surface area contributed by atoms with E-state index in [9.17, 15) is 8.42 Å². The van der Waals surface area contributed by atoms with E-state index in [0.717, 1.165) is 0 Å². The Bertz CT molecular complexity index is 728. The summed E-state index contributed by atoms with van der Waals surface area (Å²) in [5.41, 5.74) is 0. The quantitative estimate of drug-likeness (QED) is 0.840. The molecule has 5 nitrogen and oxygen atoms in total. The highest BCUT2D eigenvalue weighted by Crippen LogP contribution is 2.31. The Kier molecular flexibility index (Phi) is 4.37. The zero-order valence-corrected chi connectivity index (χ0v) is 13.8. The van der Waals surface area contributed by atoms with Crippen molar-refractivity contribution in [3.8, 4) is 11.5 Å². The van der Waals surface area contributed by atoms with E-state index in [0.29, 0.717) is 28.9 Å². The minimum Gasteiger partial charge on any atom is -0.486 e. The third-order valence-corrected chi connectivity index (χ3v) is 6.73. The maximum absolute atomic E-state index is 12.6. The van der Waals surface area contributed by atoms with Gasteiger partial charge in [-0.15, -0.1) is 11.3 Å². The van der Waals surface area contributed by atoms with Gasteiger partial charge in [0.25, 0.3) is 10.0 Å². The molecule has 1 aliphatic rings. The van der Waals surface area contributed by atoms with Crippen LogP contribution in [0.3, 0.4) is 0 Å². The van der Waals surface area contributed by atoms with Gasteiger partial charge in [-0.05, 0) is 23.6 Å². The fraction of sp³-hybridized carbons (Fsp3) is 0.333. The van der Waals surface area contributed by atoms with Gasteiger partial charge in [0.05, 0.1) is 6.54 Å². The lowest BCUT2D eigenvalue weighted by Crippen LogP contribution is -2.43. The lowest BCUT2D eigenvalue weighted by Gasteiger charge is -2.30. The number of benzene rings is 1. The van der Waals surface area contributed by atoms with E-state index in [-0.39, 0.29) is 12.6 Å². The van der Waals surface area contributed by atoms with Crippen molar-refractivity contribution < 1.29 is 17.9 Å². The molecule has 1 atom stereocenters. The summed E-state index contributed by atoms with van der Waals surface area (Å²) in [6.45, 7) is 2.82. The summed E-state index contributed by atoms with van der Waals surface area (Å²) in [6, 6.07) is 10.8. The van der Waals surface area contributed by atoms with Gasteiger partial charge in [-0.1, -0.05) is 25.1 Å². The molecular formula is C15H17NO4S2. The third-order valence-electron chi connectivity index (χ3n) is 3.42. The Balaban J connectivity index is 1.75.